The number of rotatable bonds is 4. The summed E-state index contributed by atoms with van der Waals surface area (Å²) >= 11 is 0. The Bertz CT molecular complexity index is 706. The lowest BCUT2D eigenvalue weighted by atomic mass is 10.4. The first kappa shape index (κ1) is 11.6. The highest BCUT2D eigenvalue weighted by atomic mass is 19.1. The molecule has 0 aliphatic heterocycles. The molecule has 3 rings (SSSR count). The van der Waals surface area contributed by atoms with E-state index in [1.165, 1.54) is 16.8 Å². The van der Waals surface area contributed by atoms with Crippen LogP contribution < -0.4 is 5.32 Å². The van der Waals surface area contributed by atoms with Crippen LogP contribution in [0.25, 0.3) is 5.65 Å². The summed E-state index contributed by atoms with van der Waals surface area (Å²) in [6.07, 6.45) is 1.87. The Kier molecular flexibility index (Phi) is 2.82. The van der Waals surface area contributed by atoms with E-state index in [1.807, 2.05) is 0 Å². The zero-order valence-corrected chi connectivity index (χ0v) is 10.2. The van der Waals surface area contributed by atoms with E-state index in [9.17, 15) is 4.39 Å². The molecule has 1 N–H and O–H groups in total. The van der Waals surface area contributed by atoms with Gasteiger partial charge in [-0.25, -0.2) is 8.91 Å². The number of nitrogens with one attached hydrogen (secondary N) is 1. The maximum absolute atomic E-state index is 13.0. The second kappa shape index (κ2) is 4.63. The van der Waals surface area contributed by atoms with Gasteiger partial charge in [0.05, 0.1) is 6.20 Å². The van der Waals surface area contributed by atoms with Crippen molar-refractivity contribution in [2.75, 3.05) is 11.9 Å². The normalized spacial score (nSPS) is 11.1. The number of hydrogen-bond donors (Lipinski definition) is 1. The number of hydrogen-bond acceptors (Lipinski definition) is 6. The van der Waals surface area contributed by atoms with Crippen molar-refractivity contribution in [1.82, 2.24) is 24.7 Å². The SMILES string of the molecule is Cc1nc(CCNc2nc3ccc(F)cn3n2)no1. The third-order valence-corrected chi connectivity index (χ3v) is 2.50. The molecule has 0 bridgehead atoms. The minimum absolute atomic E-state index is 0.355. The zero-order valence-electron chi connectivity index (χ0n) is 10.2. The number of aromatic nitrogens is 5. The third kappa shape index (κ3) is 2.51. The fourth-order valence-electron chi connectivity index (χ4n) is 1.66. The van der Waals surface area contributed by atoms with E-state index >= 15 is 0 Å². The van der Waals surface area contributed by atoms with Gasteiger partial charge in [-0.3, -0.25) is 0 Å². The Labute approximate surface area is 107 Å². The van der Waals surface area contributed by atoms with Gasteiger partial charge in [-0.15, -0.1) is 5.10 Å². The molecule has 0 unspecified atom stereocenters. The van der Waals surface area contributed by atoms with Gasteiger partial charge in [0.2, 0.25) is 11.8 Å². The van der Waals surface area contributed by atoms with Crippen molar-refractivity contribution in [3.63, 3.8) is 0 Å². The molecule has 0 amide bonds. The number of pyridine rings is 1. The molecular weight excluding hydrogens is 251 g/mol. The standard InChI is InChI=1S/C11H11FN6O/c1-7-14-9(17-19-7)4-5-13-11-15-10-3-2-8(12)6-18(10)16-11/h2-3,6H,4-5H2,1H3,(H,13,16). The van der Waals surface area contributed by atoms with Gasteiger partial charge in [0, 0.05) is 19.9 Å². The minimum atomic E-state index is -0.355. The first-order chi connectivity index (χ1) is 9.20. The second-order valence-electron chi connectivity index (χ2n) is 3.99. The van der Waals surface area contributed by atoms with E-state index in [0.717, 1.165) is 0 Å². The van der Waals surface area contributed by atoms with Crippen molar-refractivity contribution >= 4 is 11.6 Å². The molecule has 3 aromatic heterocycles. The number of aryl methyl sites for hydroxylation is 1. The molecule has 8 heteroatoms. The molecule has 3 aromatic rings. The summed E-state index contributed by atoms with van der Waals surface area (Å²) in [6.45, 7) is 2.31. The second-order valence-corrected chi connectivity index (χ2v) is 3.99. The average molecular weight is 262 g/mol. The molecule has 3 heterocycles. The zero-order chi connectivity index (χ0) is 13.2. The molecule has 98 valence electrons. The summed E-state index contributed by atoms with van der Waals surface area (Å²) in [5.74, 6) is 1.24. The van der Waals surface area contributed by atoms with Crippen LogP contribution in [0.5, 0.6) is 0 Å². The molecule has 0 atom stereocenters. The van der Waals surface area contributed by atoms with Gasteiger partial charge in [-0.05, 0) is 12.1 Å². The predicted octanol–water partition coefficient (Wildman–Crippen LogP) is 1.21. The number of halogens is 1. The highest BCUT2D eigenvalue weighted by Gasteiger charge is 2.05. The van der Waals surface area contributed by atoms with Gasteiger partial charge in [0.25, 0.3) is 0 Å². The monoisotopic (exact) mass is 262 g/mol. The number of fused-ring (bicyclic) bond motifs is 1. The molecule has 0 fully saturated rings. The molecule has 0 aromatic carbocycles. The number of nitrogens with zero attached hydrogens (tertiary/aromatic N) is 5. The summed E-state index contributed by atoms with van der Waals surface area (Å²) in [4.78, 5) is 8.28. The summed E-state index contributed by atoms with van der Waals surface area (Å²) < 4.78 is 19.2. The Morgan fingerprint density at radius 3 is 3.05 bits per heavy atom. The van der Waals surface area contributed by atoms with Crippen LogP contribution in [0, 0.1) is 12.7 Å². The number of anilines is 1. The van der Waals surface area contributed by atoms with Crippen LogP contribution >= 0.6 is 0 Å². The van der Waals surface area contributed by atoms with E-state index in [2.05, 4.69) is 25.5 Å². The van der Waals surface area contributed by atoms with Crippen LogP contribution in [-0.2, 0) is 6.42 Å². The van der Waals surface area contributed by atoms with E-state index in [0.29, 0.717) is 36.3 Å². The largest absolute Gasteiger partial charge is 0.352 e. The Hall–Kier alpha value is -2.51. The van der Waals surface area contributed by atoms with E-state index in [-0.39, 0.29) is 5.82 Å². The molecule has 0 saturated heterocycles. The van der Waals surface area contributed by atoms with Crippen LogP contribution in [0.4, 0.5) is 10.3 Å². The van der Waals surface area contributed by atoms with Gasteiger partial charge < -0.3 is 9.84 Å². The summed E-state index contributed by atoms with van der Waals surface area (Å²) in [5, 5.41) is 10.9. The van der Waals surface area contributed by atoms with Crippen molar-refractivity contribution in [2.45, 2.75) is 13.3 Å². The summed E-state index contributed by atoms with van der Waals surface area (Å²) in [5.41, 5.74) is 0.583. The molecule has 0 spiro atoms. The van der Waals surface area contributed by atoms with E-state index in [1.54, 1.807) is 13.0 Å². The van der Waals surface area contributed by atoms with Gasteiger partial charge >= 0.3 is 0 Å². The van der Waals surface area contributed by atoms with Crippen LogP contribution in [0.1, 0.15) is 11.7 Å². The molecule has 19 heavy (non-hydrogen) atoms. The highest BCUT2D eigenvalue weighted by molar-refractivity contribution is 5.42. The molecule has 0 radical (unpaired) electrons. The summed E-state index contributed by atoms with van der Waals surface area (Å²) in [7, 11) is 0. The first-order valence-corrected chi connectivity index (χ1v) is 5.76. The van der Waals surface area contributed by atoms with Crippen LogP contribution in [-0.4, -0.2) is 31.3 Å². The molecule has 0 aliphatic carbocycles. The van der Waals surface area contributed by atoms with Crippen molar-refractivity contribution < 1.29 is 8.91 Å². The molecular formula is C11H11FN6O. The predicted molar refractivity (Wildman–Crippen MR) is 64.2 cm³/mol. The van der Waals surface area contributed by atoms with Crippen LogP contribution in [0.15, 0.2) is 22.9 Å². The van der Waals surface area contributed by atoms with Crippen molar-refractivity contribution in [1.29, 1.82) is 0 Å². The average Bonchev–Trinajstić information content (AvgIpc) is 2.95. The van der Waals surface area contributed by atoms with E-state index < -0.39 is 0 Å². The Morgan fingerprint density at radius 2 is 2.26 bits per heavy atom. The Balaban J connectivity index is 1.65. The van der Waals surface area contributed by atoms with Crippen LogP contribution in [0.2, 0.25) is 0 Å². The fraction of sp³-hybridized carbons (Fsp3) is 0.273. The first-order valence-electron chi connectivity index (χ1n) is 5.76. The topological polar surface area (TPSA) is 81.1 Å². The maximum Gasteiger partial charge on any atom is 0.243 e. The van der Waals surface area contributed by atoms with Gasteiger partial charge in [0.15, 0.2) is 11.5 Å². The highest BCUT2D eigenvalue weighted by Crippen LogP contribution is 2.06. The lowest BCUT2D eigenvalue weighted by Gasteiger charge is -1.96. The van der Waals surface area contributed by atoms with Gasteiger partial charge in [0.1, 0.15) is 5.82 Å². The quantitative estimate of drug-likeness (QED) is 0.761. The summed E-state index contributed by atoms with van der Waals surface area (Å²) in [6, 6.07) is 2.91. The van der Waals surface area contributed by atoms with Crippen molar-refractivity contribution in [3.05, 3.63) is 35.9 Å². The lowest BCUT2D eigenvalue weighted by Crippen LogP contribution is -2.07. The van der Waals surface area contributed by atoms with Gasteiger partial charge in [-0.1, -0.05) is 5.16 Å². The fourth-order valence-corrected chi connectivity index (χ4v) is 1.66. The van der Waals surface area contributed by atoms with Crippen LogP contribution in [0.3, 0.4) is 0 Å². The molecule has 7 nitrogen and oxygen atoms in total. The third-order valence-electron chi connectivity index (χ3n) is 2.50. The van der Waals surface area contributed by atoms with Crippen molar-refractivity contribution in [2.24, 2.45) is 0 Å². The van der Waals surface area contributed by atoms with Gasteiger partial charge in [-0.2, -0.15) is 9.97 Å². The lowest BCUT2D eigenvalue weighted by molar-refractivity contribution is 0.387. The Morgan fingerprint density at radius 1 is 1.37 bits per heavy atom. The van der Waals surface area contributed by atoms with E-state index in [4.69, 9.17) is 4.52 Å². The smallest absolute Gasteiger partial charge is 0.243 e. The molecule has 0 saturated carbocycles. The van der Waals surface area contributed by atoms with Crippen molar-refractivity contribution in [3.8, 4) is 0 Å². The molecule has 0 aliphatic rings. The minimum Gasteiger partial charge on any atom is -0.352 e. The maximum atomic E-state index is 13.0.